The largest absolute Gasteiger partial charge is 0.508 e. The predicted octanol–water partition coefficient (Wildman–Crippen LogP) is 6.83. The van der Waals surface area contributed by atoms with Crippen LogP contribution in [0.4, 0.5) is 5.69 Å². The maximum Gasteiger partial charge on any atom is 0.308 e. The molecule has 1 aliphatic rings. The molecule has 1 heterocycles. The van der Waals surface area contributed by atoms with Crippen LogP contribution in [-0.4, -0.2) is 42.2 Å². The van der Waals surface area contributed by atoms with Gasteiger partial charge in [0.05, 0.1) is 0 Å². The number of nitrogens with one attached hydrogen (secondary N) is 1. The van der Waals surface area contributed by atoms with Crippen LogP contribution in [-0.2, 0) is 4.79 Å². The number of nitrogens with zero attached hydrogens (tertiary/aromatic N) is 1. The van der Waals surface area contributed by atoms with E-state index in [1.54, 1.807) is 24.3 Å². The van der Waals surface area contributed by atoms with Gasteiger partial charge in [-0.2, -0.15) is 0 Å². The number of aromatic hydroxyl groups is 1. The number of likely N-dealkylation sites (tertiary alicyclic amines) is 1. The minimum Gasteiger partial charge on any atom is -0.508 e. The third kappa shape index (κ3) is 6.22. The van der Waals surface area contributed by atoms with Crippen molar-refractivity contribution in [3.63, 3.8) is 0 Å². The Balaban J connectivity index is 1.37. The number of rotatable bonds is 8. The molecule has 5 rings (SSSR count). The molecule has 0 aliphatic carbocycles. The van der Waals surface area contributed by atoms with E-state index in [-0.39, 0.29) is 11.7 Å². The molecule has 0 saturated carbocycles. The average Bonchev–Trinajstić information content (AvgIpc) is 2.90. The van der Waals surface area contributed by atoms with E-state index in [1.807, 2.05) is 54.6 Å². The highest BCUT2D eigenvalue weighted by molar-refractivity contribution is 5.96. The molecule has 0 bridgehead atoms. The fraction of sp³-hybridized carbons (Fsp3) is 0.258. The second-order valence-corrected chi connectivity index (χ2v) is 9.42. The molecule has 2 N–H and O–H groups in total. The van der Waals surface area contributed by atoms with E-state index < -0.39 is 0 Å². The van der Waals surface area contributed by atoms with Crippen molar-refractivity contribution in [1.29, 1.82) is 0 Å². The van der Waals surface area contributed by atoms with Crippen molar-refractivity contribution >= 4 is 22.4 Å². The monoisotopic (exact) mass is 496 g/mol. The fourth-order valence-corrected chi connectivity index (χ4v) is 4.79. The second-order valence-electron chi connectivity index (χ2n) is 9.42. The molecule has 0 aromatic heterocycles. The van der Waals surface area contributed by atoms with Crippen molar-refractivity contribution in [2.24, 2.45) is 0 Å². The van der Waals surface area contributed by atoms with Gasteiger partial charge in [-0.1, -0.05) is 24.6 Å². The van der Waals surface area contributed by atoms with E-state index in [1.165, 1.54) is 39.3 Å². The molecule has 190 valence electrons. The number of hydrogen-bond acceptors (Lipinski definition) is 6. The van der Waals surface area contributed by atoms with Crippen molar-refractivity contribution < 1.29 is 19.4 Å². The average molecular weight is 497 g/mol. The van der Waals surface area contributed by atoms with Crippen LogP contribution in [0.3, 0.4) is 0 Å². The number of carbonyl (C=O) groups is 1. The number of esters is 1. The molecule has 1 saturated heterocycles. The Labute approximate surface area is 217 Å². The van der Waals surface area contributed by atoms with E-state index in [0.29, 0.717) is 11.5 Å². The normalized spacial score (nSPS) is 13.9. The summed E-state index contributed by atoms with van der Waals surface area (Å²) in [6.45, 7) is 5.76. The first-order valence-electron chi connectivity index (χ1n) is 12.8. The summed E-state index contributed by atoms with van der Waals surface area (Å²) in [4.78, 5) is 13.8. The molecule has 4 aromatic carbocycles. The lowest BCUT2D eigenvalue weighted by Crippen LogP contribution is -2.33. The Morgan fingerprint density at radius 3 is 2.35 bits per heavy atom. The van der Waals surface area contributed by atoms with Crippen LogP contribution in [0.1, 0.15) is 26.2 Å². The van der Waals surface area contributed by atoms with Gasteiger partial charge in [0.1, 0.15) is 23.0 Å². The number of phenolic OH excluding ortho intramolecular Hbond substituents is 1. The van der Waals surface area contributed by atoms with Crippen LogP contribution < -0.4 is 14.8 Å². The summed E-state index contributed by atoms with van der Waals surface area (Å²) < 4.78 is 11.6. The van der Waals surface area contributed by atoms with E-state index in [2.05, 4.69) is 10.2 Å². The van der Waals surface area contributed by atoms with Crippen LogP contribution in [0.2, 0.25) is 0 Å². The third-order valence-corrected chi connectivity index (χ3v) is 6.66. The van der Waals surface area contributed by atoms with Crippen molar-refractivity contribution in [2.45, 2.75) is 26.2 Å². The van der Waals surface area contributed by atoms with Crippen molar-refractivity contribution in [1.82, 2.24) is 4.90 Å². The lowest BCUT2D eigenvalue weighted by Gasteiger charge is -2.26. The Morgan fingerprint density at radius 1 is 0.892 bits per heavy atom. The molecule has 0 radical (unpaired) electrons. The van der Waals surface area contributed by atoms with Gasteiger partial charge >= 0.3 is 5.97 Å². The molecular weight excluding hydrogens is 464 g/mol. The third-order valence-electron chi connectivity index (χ3n) is 6.66. The van der Waals surface area contributed by atoms with Crippen LogP contribution in [0.15, 0.2) is 78.9 Å². The van der Waals surface area contributed by atoms with Crippen molar-refractivity contribution in [3.05, 3.63) is 78.9 Å². The molecule has 1 fully saturated rings. The van der Waals surface area contributed by atoms with Crippen LogP contribution in [0.25, 0.3) is 21.9 Å². The van der Waals surface area contributed by atoms with Gasteiger partial charge in [0, 0.05) is 36.7 Å². The standard InChI is InChI=1S/C31H32N2O4/c1-22(34)36-27-11-5-23(6-12-27)29-15-7-24-21-26(35)10-16-30(24)31(29)37-28-13-8-25(9-14-28)32-17-20-33-18-3-2-4-19-33/h5-16,21,32,35H,2-4,17-20H2,1H3. The van der Waals surface area contributed by atoms with Crippen LogP contribution in [0.5, 0.6) is 23.0 Å². The number of hydrogen-bond donors (Lipinski definition) is 2. The zero-order chi connectivity index (χ0) is 25.6. The molecule has 1 aliphatic heterocycles. The highest BCUT2D eigenvalue weighted by Crippen LogP contribution is 2.41. The van der Waals surface area contributed by atoms with Crippen LogP contribution >= 0.6 is 0 Å². The molecule has 0 amide bonds. The Hall–Kier alpha value is -4.03. The first-order valence-corrected chi connectivity index (χ1v) is 12.8. The second kappa shape index (κ2) is 11.4. The predicted molar refractivity (Wildman–Crippen MR) is 148 cm³/mol. The van der Waals surface area contributed by atoms with E-state index in [4.69, 9.17) is 9.47 Å². The summed E-state index contributed by atoms with van der Waals surface area (Å²) in [7, 11) is 0. The van der Waals surface area contributed by atoms with Gasteiger partial charge in [-0.05, 0) is 97.5 Å². The van der Waals surface area contributed by atoms with Gasteiger partial charge in [-0.3, -0.25) is 4.79 Å². The molecule has 6 heteroatoms. The highest BCUT2D eigenvalue weighted by atomic mass is 16.5. The number of benzene rings is 4. The lowest BCUT2D eigenvalue weighted by atomic mass is 9.99. The molecular formula is C31H32N2O4. The first-order chi connectivity index (χ1) is 18.0. The molecule has 37 heavy (non-hydrogen) atoms. The summed E-state index contributed by atoms with van der Waals surface area (Å²) >= 11 is 0. The first kappa shape index (κ1) is 24.7. The molecule has 6 nitrogen and oxygen atoms in total. The van der Waals surface area contributed by atoms with Gasteiger partial charge in [0.15, 0.2) is 0 Å². The summed E-state index contributed by atoms with van der Waals surface area (Å²) in [6, 6.07) is 24.6. The number of piperidine rings is 1. The molecule has 0 spiro atoms. The fourth-order valence-electron chi connectivity index (χ4n) is 4.79. The number of anilines is 1. The SMILES string of the molecule is CC(=O)Oc1ccc(-c2ccc3cc(O)ccc3c2Oc2ccc(NCCN3CCCCC3)cc2)cc1. The lowest BCUT2D eigenvalue weighted by molar-refractivity contribution is -0.131. The van der Waals surface area contributed by atoms with E-state index in [9.17, 15) is 9.90 Å². The Morgan fingerprint density at radius 2 is 1.62 bits per heavy atom. The Kier molecular flexibility index (Phi) is 7.57. The number of carbonyl (C=O) groups excluding carboxylic acids is 1. The minimum absolute atomic E-state index is 0.205. The topological polar surface area (TPSA) is 71.0 Å². The summed E-state index contributed by atoms with van der Waals surface area (Å²) in [5, 5.41) is 15.3. The number of fused-ring (bicyclic) bond motifs is 1. The highest BCUT2D eigenvalue weighted by Gasteiger charge is 2.14. The van der Waals surface area contributed by atoms with E-state index >= 15 is 0 Å². The number of ether oxygens (including phenoxy) is 2. The maximum absolute atomic E-state index is 11.3. The van der Waals surface area contributed by atoms with Gasteiger partial charge < -0.3 is 24.8 Å². The smallest absolute Gasteiger partial charge is 0.308 e. The molecule has 0 atom stereocenters. The van der Waals surface area contributed by atoms with Crippen molar-refractivity contribution in [3.8, 4) is 34.1 Å². The van der Waals surface area contributed by atoms with Gasteiger partial charge in [-0.25, -0.2) is 0 Å². The zero-order valence-electron chi connectivity index (χ0n) is 21.1. The quantitative estimate of drug-likeness (QED) is 0.206. The molecule has 4 aromatic rings. The van der Waals surface area contributed by atoms with Gasteiger partial charge in [0.2, 0.25) is 0 Å². The summed E-state index contributed by atoms with van der Waals surface area (Å²) in [5.41, 5.74) is 2.89. The summed E-state index contributed by atoms with van der Waals surface area (Å²) in [5.74, 6) is 1.76. The minimum atomic E-state index is -0.355. The van der Waals surface area contributed by atoms with Crippen molar-refractivity contribution in [2.75, 3.05) is 31.5 Å². The summed E-state index contributed by atoms with van der Waals surface area (Å²) in [6.07, 6.45) is 3.96. The van der Waals surface area contributed by atoms with Gasteiger partial charge in [-0.15, -0.1) is 0 Å². The zero-order valence-corrected chi connectivity index (χ0v) is 21.1. The maximum atomic E-state index is 11.3. The van der Waals surface area contributed by atoms with Crippen LogP contribution in [0, 0.1) is 0 Å². The Bertz CT molecular complexity index is 1360. The van der Waals surface area contributed by atoms with Gasteiger partial charge in [0.25, 0.3) is 0 Å². The molecule has 0 unspecified atom stereocenters. The van der Waals surface area contributed by atoms with E-state index in [0.717, 1.165) is 46.4 Å². The number of phenols is 1.